The number of phenolic OH excluding ortho intramolecular Hbond substituents is 1. The zero-order valence-corrected chi connectivity index (χ0v) is 11.0. The molecule has 3 rings (SSSR count). The first-order valence-corrected chi connectivity index (χ1v) is 6.26. The molecule has 1 aromatic carbocycles. The molecule has 1 aliphatic heterocycles. The molecule has 0 saturated carbocycles. The number of methoxy groups -OCH3 is 1. The summed E-state index contributed by atoms with van der Waals surface area (Å²) in [5.74, 6) is 0.824. The molecule has 1 aliphatic rings. The summed E-state index contributed by atoms with van der Waals surface area (Å²) in [4.78, 5) is 19.2. The number of ether oxygens (including phenoxy) is 2. The number of benzene rings is 1. The summed E-state index contributed by atoms with van der Waals surface area (Å²) in [6.07, 6.45) is 0.619. The SMILES string of the molecule is COc1ccc(-c2nc3c(c(=O)[nH]2)COCC3)cc1O. The van der Waals surface area contributed by atoms with Gasteiger partial charge in [-0.3, -0.25) is 4.79 Å². The van der Waals surface area contributed by atoms with Gasteiger partial charge in [0.05, 0.1) is 31.6 Å². The Kier molecular flexibility index (Phi) is 3.15. The highest BCUT2D eigenvalue weighted by atomic mass is 16.5. The second-order valence-electron chi connectivity index (χ2n) is 4.53. The lowest BCUT2D eigenvalue weighted by atomic mass is 10.1. The topological polar surface area (TPSA) is 84.4 Å². The van der Waals surface area contributed by atoms with Crippen LogP contribution in [0.4, 0.5) is 0 Å². The summed E-state index contributed by atoms with van der Waals surface area (Å²) in [5.41, 5.74) is 1.78. The van der Waals surface area contributed by atoms with E-state index in [0.29, 0.717) is 42.3 Å². The van der Waals surface area contributed by atoms with Crippen LogP contribution in [0.5, 0.6) is 11.5 Å². The highest BCUT2D eigenvalue weighted by molar-refractivity contribution is 5.60. The fourth-order valence-electron chi connectivity index (χ4n) is 2.22. The van der Waals surface area contributed by atoms with Crippen LogP contribution in [-0.2, 0) is 17.8 Å². The molecule has 0 bridgehead atoms. The molecule has 2 heterocycles. The minimum atomic E-state index is -0.194. The molecule has 104 valence electrons. The Bertz CT molecular complexity index is 709. The Labute approximate surface area is 115 Å². The molecule has 20 heavy (non-hydrogen) atoms. The van der Waals surface area contributed by atoms with Crippen LogP contribution in [0.1, 0.15) is 11.3 Å². The van der Waals surface area contributed by atoms with E-state index in [1.807, 2.05) is 0 Å². The summed E-state index contributed by atoms with van der Waals surface area (Å²) in [5, 5.41) is 9.80. The summed E-state index contributed by atoms with van der Waals surface area (Å²) in [6, 6.07) is 4.89. The Morgan fingerprint density at radius 1 is 1.45 bits per heavy atom. The number of phenols is 1. The molecule has 2 aromatic rings. The van der Waals surface area contributed by atoms with Crippen LogP contribution < -0.4 is 10.3 Å². The molecule has 0 spiro atoms. The van der Waals surface area contributed by atoms with Crippen molar-refractivity contribution >= 4 is 0 Å². The van der Waals surface area contributed by atoms with Gasteiger partial charge in [-0.05, 0) is 18.2 Å². The second kappa shape index (κ2) is 4.97. The number of aromatic hydroxyl groups is 1. The molecular formula is C14H14N2O4. The van der Waals surface area contributed by atoms with Gasteiger partial charge in [0, 0.05) is 12.0 Å². The molecule has 0 fully saturated rings. The third-order valence-corrected chi connectivity index (χ3v) is 3.28. The summed E-state index contributed by atoms with van der Waals surface area (Å²) in [7, 11) is 1.48. The molecule has 6 heteroatoms. The maximum absolute atomic E-state index is 12.0. The van der Waals surface area contributed by atoms with Crippen molar-refractivity contribution in [2.75, 3.05) is 13.7 Å². The van der Waals surface area contributed by atoms with Crippen LogP contribution in [0.15, 0.2) is 23.0 Å². The van der Waals surface area contributed by atoms with E-state index in [9.17, 15) is 9.90 Å². The number of H-pyrrole nitrogens is 1. The first-order valence-electron chi connectivity index (χ1n) is 6.26. The van der Waals surface area contributed by atoms with Crippen molar-refractivity contribution in [1.29, 1.82) is 0 Å². The standard InChI is InChI=1S/C14H14N2O4/c1-19-12-3-2-8(6-11(12)17)13-15-10-4-5-20-7-9(10)14(18)16-13/h2-3,6,17H,4-5,7H2,1H3,(H,15,16,18). The van der Waals surface area contributed by atoms with Crippen molar-refractivity contribution in [2.24, 2.45) is 0 Å². The minimum Gasteiger partial charge on any atom is -0.504 e. The number of nitrogens with one attached hydrogen (secondary N) is 1. The van der Waals surface area contributed by atoms with Crippen LogP contribution >= 0.6 is 0 Å². The minimum absolute atomic E-state index is 0.00806. The quantitative estimate of drug-likeness (QED) is 0.860. The van der Waals surface area contributed by atoms with Crippen LogP contribution in [0.2, 0.25) is 0 Å². The van der Waals surface area contributed by atoms with E-state index in [0.717, 1.165) is 5.69 Å². The van der Waals surface area contributed by atoms with Gasteiger partial charge in [0.15, 0.2) is 11.5 Å². The van der Waals surface area contributed by atoms with Crippen LogP contribution in [0, 0.1) is 0 Å². The fourth-order valence-corrected chi connectivity index (χ4v) is 2.22. The van der Waals surface area contributed by atoms with Gasteiger partial charge < -0.3 is 19.6 Å². The average molecular weight is 274 g/mol. The Balaban J connectivity index is 2.08. The smallest absolute Gasteiger partial charge is 0.256 e. The van der Waals surface area contributed by atoms with Gasteiger partial charge in [0.25, 0.3) is 5.56 Å². The predicted molar refractivity (Wildman–Crippen MR) is 71.9 cm³/mol. The summed E-state index contributed by atoms with van der Waals surface area (Å²) < 4.78 is 10.2. The van der Waals surface area contributed by atoms with Gasteiger partial charge in [-0.2, -0.15) is 0 Å². The summed E-state index contributed by atoms with van der Waals surface area (Å²) in [6.45, 7) is 0.864. The Morgan fingerprint density at radius 2 is 2.30 bits per heavy atom. The molecule has 2 N–H and O–H groups in total. The molecule has 0 amide bonds. The van der Waals surface area contributed by atoms with Gasteiger partial charge in [-0.25, -0.2) is 4.98 Å². The molecule has 6 nitrogen and oxygen atoms in total. The third-order valence-electron chi connectivity index (χ3n) is 3.28. The fraction of sp³-hybridized carbons (Fsp3) is 0.286. The van der Waals surface area contributed by atoms with Crippen molar-refractivity contribution in [1.82, 2.24) is 9.97 Å². The number of hydrogen-bond acceptors (Lipinski definition) is 5. The average Bonchev–Trinajstić information content (AvgIpc) is 2.47. The zero-order valence-electron chi connectivity index (χ0n) is 11.0. The molecule has 0 aliphatic carbocycles. The summed E-state index contributed by atoms with van der Waals surface area (Å²) >= 11 is 0. The largest absolute Gasteiger partial charge is 0.504 e. The van der Waals surface area contributed by atoms with Crippen LogP contribution in [0.3, 0.4) is 0 Å². The monoisotopic (exact) mass is 274 g/mol. The van der Waals surface area contributed by atoms with E-state index in [1.165, 1.54) is 13.2 Å². The molecule has 0 atom stereocenters. The van der Waals surface area contributed by atoms with Crippen molar-refractivity contribution in [2.45, 2.75) is 13.0 Å². The lowest BCUT2D eigenvalue weighted by Gasteiger charge is -2.15. The van der Waals surface area contributed by atoms with E-state index < -0.39 is 0 Å². The molecule has 0 saturated heterocycles. The van der Waals surface area contributed by atoms with Crippen molar-refractivity contribution in [3.8, 4) is 22.9 Å². The maximum Gasteiger partial charge on any atom is 0.256 e. The van der Waals surface area contributed by atoms with E-state index in [-0.39, 0.29) is 11.3 Å². The molecule has 0 radical (unpaired) electrons. The van der Waals surface area contributed by atoms with Crippen LogP contribution in [0.25, 0.3) is 11.4 Å². The van der Waals surface area contributed by atoms with E-state index in [2.05, 4.69) is 9.97 Å². The molecular weight excluding hydrogens is 260 g/mol. The van der Waals surface area contributed by atoms with E-state index in [4.69, 9.17) is 9.47 Å². The predicted octanol–water partition coefficient (Wildman–Crippen LogP) is 1.22. The normalized spacial score (nSPS) is 13.8. The second-order valence-corrected chi connectivity index (χ2v) is 4.53. The molecule has 0 unspecified atom stereocenters. The lowest BCUT2D eigenvalue weighted by molar-refractivity contribution is 0.108. The number of fused-ring (bicyclic) bond motifs is 1. The van der Waals surface area contributed by atoms with Crippen molar-refractivity contribution in [3.63, 3.8) is 0 Å². The van der Waals surface area contributed by atoms with E-state index in [1.54, 1.807) is 12.1 Å². The Hall–Kier alpha value is -2.34. The van der Waals surface area contributed by atoms with Gasteiger partial charge in [0.2, 0.25) is 0 Å². The zero-order chi connectivity index (χ0) is 14.1. The van der Waals surface area contributed by atoms with Gasteiger partial charge in [0.1, 0.15) is 5.82 Å². The number of rotatable bonds is 2. The Morgan fingerprint density at radius 3 is 3.05 bits per heavy atom. The first kappa shape index (κ1) is 12.7. The van der Waals surface area contributed by atoms with Crippen LogP contribution in [-0.4, -0.2) is 28.8 Å². The first-order chi connectivity index (χ1) is 9.69. The van der Waals surface area contributed by atoms with Gasteiger partial charge in [-0.15, -0.1) is 0 Å². The van der Waals surface area contributed by atoms with E-state index >= 15 is 0 Å². The highest BCUT2D eigenvalue weighted by Crippen LogP contribution is 2.30. The number of nitrogens with zero attached hydrogens (tertiary/aromatic N) is 1. The number of aromatic nitrogens is 2. The highest BCUT2D eigenvalue weighted by Gasteiger charge is 2.17. The number of hydrogen-bond donors (Lipinski definition) is 2. The maximum atomic E-state index is 12.0. The lowest BCUT2D eigenvalue weighted by Crippen LogP contribution is -2.24. The van der Waals surface area contributed by atoms with Gasteiger partial charge >= 0.3 is 0 Å². The van der Waals surface area contributed by atoms with Crippen molar-refractivity contribution in [3.05, 3.63) is 39.8 Å². The number of aromatic amines is 1. The van der Waals surface area contributed by atoms with Crippen molar-refractivity contribution < 1.29 is 14.6 Å². The molecule has 1 aromatic heterocycles. The third kappa shape index (κ3) is 2.14. The van der Waals surface area contributed by atoms with Gasteiger partial charge in [-0.1, -0.05) is 0 Å².